The number of hydrogen-bond donors (Lipinski definition) is 6. The summed E-state index contributed by atoms with van der Waals surface area (Å²) in [5, 5.41) is 58.7. The van der Waals surface area contributed by atoms with E-state index in [9.17, 15) is 30.6 Å². The molecule has 3 rings (SSSR count). The SMILES string of the molecule is OCC1CC(Oc2cc(O)cc(/C=C/c3ccc(O)cc3)c2)C(O)C(O)C1O. The topological polar surface area (TPSA) is 131 Å². The van der Waals surface area contributed by atoms with E-state index in [1.54, 1.807) is 42.5 Å². The molecule has 0 radical (unpaired) electrons. The molecule has 7 nitrogen and oxygen atoms in total. The molecule has 6 N–H and O–H groups in total. The second-order valence-electron chi connectivity index (χ2n) is 6.99. The minimum Gasteiger partial charge on any atom is -0.508 e. The first-order valence-electron chi connectivity index (χ1n) is 9.00. The predicted molar refractivity (Wildman–Crippen MR) is 103 cm³/mol. The van der Waals surface area contributed by atoms with Crippen molar-refractivity contribution in [1.82, 2.24) is 0 Å². The van der Waals surface area contributed by atoms with Crippen LogP contribution in [0.1, 0.15) is 17.5 Å². The first-order valence-corrected chi connectivity index (χ1v) is 9.00. The molecule has 0 saturated heterocycles. The molecule has 5 atom stereocenters. The van der Waals surface area contributed by atoms with E-state index in [-0.39, 0.29) is 30.3 Å². The van der Waals surface area contributed by atoms with Crippen LogP contribution in [0.3, 0.4) is 0 Å². The average Bonchev–Trinajstić information content (AvgIpc) is 2.67. The summed E-state index contributed by atoms with van der Waals surface area (Å²) in [6.45, 7) is -0.342. The number of aliphatic hydroxyl groups excluding tert-OH is 4. The highest BCUT2D eigenvalue weighted by Crippen LogP contribution is 2.31. The maximum Gasteiger partial charge on any atom is 0.128 e. The highest BCUT2D eigenvalue weighted by Gasteiger charge is 2.43. The van der Waals surface area contributed by atoms with E-state index in [0.29, 0.717) is 5.56 Å². The third-order valence-corrected chi connectivity index (χ3v) is 4.90. The van der Waals surface area contributed by atoms with E-state index in [1.165, 1.54) is 12.1 Å². The second-order valence-corrected chi connectivity index (χ2v) is 6.99. The van der Waals surface area contributed by atoms with Crippen molar-refractivity contribution >= 4 is 12.2 Å². The number of phenolic OH excluding ortho intramolecular Hbond substituents is 2. The van der Waals surface area contributed by atoms with Gasteiger partial charge >= 0.3 is 0 Å². The molecule has 1 aliphatic carbocycles. The van der Waals surface area contributed by atoms with Crippen LogP contribution in [-0.2, 0) is 0 Å². The van der Waals surface area contributed by atoms with Gasteiger partial charge in [0.2, 0.25) is 0 Å². The Balaban J connectivity index is 1.76. The predicted octanol–water partition coefficient (Wildman–Crippen LogP) is 1.11. The molecular formula is C21H24O7. The van der Waals surface area contributed by atoms with E-state index in [1.807, 2.05) is 0 Å². The molecule has 0 aromatic heterocycles. The van der Waals surface area contributed by atoms with Gasteiger partial charge in [-0.1, -0.05) is 24.3 Å². The van der Waals surface area contributed by atoms with Crippen molar-refractivity contribution in [2.24, 2.45) is 5.92 Å². The molecule has 1 fully saturated rings. The smallest absolute Gasteiger partial charge is 0.128 e. The molecule has 0 bridgehead atoms. The first kappa shape index (κ1) is 20.2. The number of hydrogen-bond acceptors (Lipinski definition) is 7. The monoisotopic (exact) mass is 388 g/mol. The molecule has 0 spiro atoms. The van der Waals surface area contributed by atoms with Gasteiger partial charge in [-0.15, -0.1) is 0 Å². The van der Waals surface area contributed by atoms with Crippen LogP contribution in [0.2, 0.25) is 0 Å². The fourth-order valence-corrected chi connectivity index (χ4v) is 3.30. The summed E-state index contributed by atoms with van der Waals surface area (Å²) in [6.07, 6.45) is -1.11. The van der Waals surface area contributed by atoms with E-state index in [2.05, 4.69) is 0 Å². The highest BCUT2D eigenvalue weighted by molar-refractivity contribution is 5.71. The van der Waals surface area contributed by atoms with Gasteiger partial charge in [-0.25, -0.2) is 0 Å². The number of phenols is 2. The van der Waals surface area contributed by atoms with Crippen LogP contribution in [-0.4, -0.2) is 61.7 Å². The summed E-state index contributed by atoms with van der Waals surface area (Å²) in [7, 11) is 0. The van der Waals surface area contributed by atoms with Gasteiger partial charge in [0.1, 0.15) is 35.6 Å². The Morgan fingerprint density at radius 2 is 1.50 bits per heavy atom. The van der Waals surface area contributed by atoms with Crippen molar-refractivity contribution in [1.29, 1.82) is 0 Å². The quantitative estimate of drug-likeness (QED) is 0.423. The van der Waals surface area contributed by atoms with Gasteiger partial charge in [0.05, 0.1) is 6.10 Å². The standard InChI is InChI=1S/C21H24O7/c22-11-14-9-18(20(26)21(27)19(14)25)28-17-8-13(7-16(24)10-17)2-1-12-3-5-15(23)6-4-12/h1-8,10,14,18-27H,9,11H2/b2-1+. The van der Waals surface area contributed by atoms with Crippen LogP contribution < -0.4 is 4.74 Å². The summed E-state index contributed by atoms with van der Waals surface area (Å²) in [6, 6.07) is 11.2. The Bertz CT molecular complexity index is 816. The maximum absolute atomic E-state index is 10.2. The summed E-state index contributed by atoms with van der Waals surface area (Å²) in [4.78, 5) is 0. The number of aromatic hydroxyl groups is 2. The Morgan fingerprint density at radius 3 is 2.18 bits per heavy atom. The van der Waals surface area contributed by atoms with Crippen LogP contribution in [0, 0.1) is 5.92 Å². The Hall–Kier alpha value is -2.58. The molecule has 2 aromatic rings. The summed E-state index contributed by atoms with van der Waals surface area (Å²) < 4.78 is 5.75. The van der Waals surface area contributed by atoms with Crippen LogP contribution >= 0.6 is 0 Å². The van der Waals surface area contributed by atoms with E-state index in [4.69, 9.17) is 4.74 Å². The number of rotatable bonds is 5. The minimum absolute atomic E-state index is 0.0348. The zero-order chi connectivity index (χ0) is 20.3. The van der Waals surface area contributed by atoms with E-state index < -0.39 is 30.3 Å². The molecule has 1 aliphatic rings. The summed E-state index contributed by atoms with van der Waals surface area (Å²) in [5.74, 6) is -0.193. The van der Waals surface area contributed by atoms with Gasteiger partial charge < -0.3 is 35.4 Å². The lowest BCUT2D eigenvalue weighted by Gasteiger charge is -2.39. The van der Waals surface area contributed by atoms with Crippen molar-refractivity contribution < 1.29 is 35.4 Å². The lowest BCUT2D eigenvalue weighted by Crippen LogP contribution is -2.56. The van der Waals surface area contributed by atoms with Gasteiger partial charge in [-0.05, 0) is 41.8 Å². The molecule has 2 aromatic carbocycles. The minimum atomic E-state index is -1.43. The molecule has 150 valence electrons. The fourth-order valence-electron chi connectivity index (χ4n) is 3.30. The van der Waals surface area contributed by atoms with Crippen LogP contribution in [0.4, 0.5) is 0 Å². The zero-order valence-electron chi connectivity index (χ0n) is 15.1. The third kappa shape index (κ3) is 4.63. The molecule has 1 saturated carbocycles. The third-order valence-electron chi connectivity index (χ3n) is 4.90. The van der Waals surface area contributed by atoms with Gasteiger partial charge in [-0.2, -0.15) is 0 Å². The van der Waals surface area contributed by atoms with Crippen LogP contribution in [0.15, 0.2) is 42.5 Å². The largest absolute Gasteiger partial charge is 0.508 e. The zero-order valence-corrected chi connectivity index (χ0v) is 15.1. The van der Waals surface area contributed by atoms with Crippen LogP contribution in [0.5, 0.6) is 17.2 Å². The molecule has 0 heterocycles. The van der Waals surface area contributed by atoms with Gasteiger partial charge in [0.25, 0.3) is 0 Å². The normalized spacial score (nSPS) is 27.8. The van der Waals surface area contributed by atoms with Gasteiger partial charge in [0, 0.05) is 18.6 Å². The molecule has 5 unspecified atom stereocenters. The Labute approximate surface area is 162 Å². The van der Waals surface area contributed by atoms with Crippen molar-refractivity contribution in [3.63, 3.8) is 0 Å². The van der Waals surface area contributed by atoms with Gasteiger partial charge in [0.15, 0.2) is 0 Å². The summed E-state index contributed by atoms with van der Waals surface area (Å²) >= 11 is 0. The molecular weight excluding hydrogens is 364 g/mol. The van der Waals surface area contributed by atoms with E-state index in [0.717, 1.165) is 5.56 Å². The molecule has 7 heteroatoms. The number of ether oxygens (including phenoxy) is 1. The van der Waals surface area contributed by atoms with Crippen LogP contribution in [0.25, 0.3) is 12.2 Å². The van der Waals surface area contributed by atoms with Crippen molar-refractivity contribution in [3.8, 4) is 17.2 Å². The van der Waals surface area contributed by atoms with Crippen molar-refractivity contribution in [3.05, 3.63) is 53.6 Å². The lowest BCUT2D eigenvalue weighted by atomic mass is 9.81. The highest BCUT2D eigenvalue weighted by atomic mass is 16.5. The maximum atomic E-state index is 10.2. The van der Waals surface area contributed by atoms with Gasteiger partial charge in [-0.3, -0.25) is 0 Å². The summed E-state index contributed by atoms with van der Waals surface area (Å²) in [5.41, 5.74) is 1.50. The average molecular weight is 388 g/mol. The number of aliphatic hydroxyl groups is 4. The van der Waals surface area contributed by atoms with Crippen molar-refractivity contribution in [2.75, 3.05) is 6.61 Å². The Kier molecular flexibility index (Phi) is 6.21. The molecule has 0 amide bonds. The Morgan fingerprint density at radius 1 is 0.821 bits per heavy atom. The lowest BCUT2D eigenvalue weighted by molar-refractivity contribution is -0.156. The van der Waals surface area contributed by atoms with Crippen molar-refractivity contribution in [2.45, 2.75) is 30.8 Å². The fraction of sp³-hybridized carbons (Fsp3) is 0.333. The van der Waals surface area contributed by atoms with E-state index >= 15 is 0 Å². The molecule has 28 heavy (non-hydrogen) atoms. The second kappa shape index (κ2) is 8.62. The first-order chi connectivity index (χ1) is 13.4. The number of benzene rings is 2. The molecule has 0 aliphatic heterocycles.